The van der Waals surface area contributed by atoms with Crippen molar-refractivity contribution in [3.63, 3.8) is 0 Å². The molecule has 1 amide bonds. The van der Waals surface area contributed by atoms with Crippen molar-refractivity contribution in [3.05, 3.63) is 60.4 Å². The molecule has 0 spiro atoms. The average Bonchev–Trinajstić information content (AvgIpc) is 3.21. The Morgan fingerprint density at radius 2 is 1.96 bits per heavy atom. The number of aromatic nitrogens is 2. The summed E-state index contributed by atoms with van der Waals surface area (Å²) in [5.41, 5.74) is 2.79. The maximum absolute atomic E-state index is 12.1. The average molecular weight is 367 g/mol. The summed E-state index contributed by atoms with van der Waals surface area (Å²) in [6.45, 7) is 2.18. The molecule has 0 saturated heterocycles. The van der Waals surface area contributed by atoms with Crippen molar-refractivity contribution in [1.29, 1.82) is 0 Å². The Bertz CT molecular complexity index is 815. The number of nitrogens with zero attached hydrogens (tertiary/aromatic N) is 2. The van der Waals surface area contributed by atoms with Crippen molar-refractivity contribution in [2.45, 2.75) is 31.2 Å². The summed E-state index contributed by atoms with van der Waals surface area (Å²) < 4.78 is 5.28. The van der Waals surface area contributed by atoms with Crippen LogP contribution in [0.15, 0.2) is 64.2 Å². The van der Waals surface area contributed by atoms with E-state index < -0.39 is 0 Å². The van der Waals surface area contributed by atoms with E-state index >= 15 is 0 Å². The lowest BCUT2D eigenvalue weighted by atomic mass is 10.1. The molecule has 0 aliphatic rings. The number of aryl methyl sites for hydroxylation is 1. The van der Waals surface area contributed by atoms with Crippen LogP contribution in [-0.4, -0.2) is 21.9 Å². The number of rotatable bonds is 8. The van der Waals surface area contributed by atoms with E-state index in [9.17, 15) is 4.79 Å². The number of hydrogen-bond donors (Lipinski definition) is 1. The van der Waals surface area contributed by atoms with Gasteiger partial charge in [-0.05, 0) is 54.8 Å². The molecule has 0 radical (unpaired) electrons. The third-order valence-corrected chi connectivity index (χ3v) is 4.74. The van der Waals surface area contributed by atoms with E-state index in [1.807, 2.05) is 30.3 Å². The first kappa shape index (κ1) is 18.2. The van der Waals surface area contributed by atoms with Gasteiger partial charge in [0.05, 0.1) is 12.0 Å². The lowest BCUT2D eigenvalue weighted by Gasteiger charge is -2.06. The van der Waals surface area contributed by atoms with Crippen LogP contribution in [0.4, 0.5) is 5.69 Å². The van der Waals surface area contributed by atoms with Gasteiger partial charge in [-0.25, -0.2) is 0 Å². The molecular weight excluding hydrogens is 346 g/mol. The molecule has 0 unspecified atom stereocenters. The maximum atomic E-state index is 12.1. The topological polar surface area (TPSA) is 68.0 Å². The number of carbonyl (C=O) groups is 1. The third kappa shape index (κ3) is 5.20. The minimum absolute atomic E-state index is 0.0618. The Balaban J connectivity index is 1.48. The predicted octanol–water partition coefficient (Wildman–Crippen LogP) is 4.81. The number of nitrogens with one attached hydrogen (secondary N) is 1. The van der Waals surface area contributed by atoms with Gasteiger partial charge in [0.1, 0.15) is 10.7 Å². The molecule has 0 atom stereocenters. The first-order valence-electron chi connectivity index (χ1n) is 8.64. The van der Waals surface area contributed by atoms with Gasteiger partial charge in [0, 0.05) is 5.69 Å². The zero-order valence-corrected chi connectivity index (χ0v) is 15.5. The number of anilines is 1. The van der Waals surface area contributed by atoms with Gasteiger partial charge in [-0.15, -0.1) is 10.2 Å². The van der Waals surface area contributed by atoms with Gasteiger partial charge in [-0.1, -0.05) is 37.2 Å². The smallest absolute Gasteiger partial charge is 0.234 e. The summed E-state index contributed by atoms with van der Waals surface area (Å²) in [6.07, 6.45) is 5.04. The fourth-order valence-corrected chi connectivity index (χ4v) is 3.04. The van der Waals surface area contributed by atoms with Crippen LogP contribution in [0.5, 0.6) is 0 Å². The van der Waals surface area contributed by atoms with Crippen LogP contribution in [-0.2, 0) is 11.2 Å². The van der Waals surface area contributed by atoms with Crippen molar-refractivity contribution in [2.24, 2.45) is 0 Å². The van der Waals surface area contributed by atoms with Crippen LogP contribution in [0.2, 0.25) is 0 Å². The van der Waals surface area contributed by atoms with Crippen LogP contribution < -0.4 is 5.32 Å². The van der Waals surface area contributed by atoms with Gasteiger partial charge in [0.25, 0.3) is 0 Å². The van der Waals surface area contributed by atoms with Crippen molar-refractivity contribution in [1.82, 2.24) is 10.2 Å². The Hall–Kier alpha value is -2.60. The van der Waals surface area contributed by atoms with Gasteiger partial charge < -0.3 is 9.73 Å². The zero-order chi connectivity index (χ0) is 18.2. The maximum Gasteiger partial charge on any atom is 0.234 e. The first-order chi connectivity index (χ1) is 12.7. The molecule has 5 nitrogen and oxygen atoms in total. The molecule has 0 aliphatic carbocycles. The van der Waals surface area contributed by atoms with Crippen LogP contribution in [0.1, 0.15) is 25.3 Å². The number of benzene rings is 1. The van der Waals surface area contributed by atoms with Crippen molar-refractivity contribution < 1.29 is 9.21 Å². The first-order valence-corrected chi connectivity index (χ1v) is 9.62. The molecule has 26 heavy (non-hydrogen) atoms. The van der Waals surface area contributed by atoms with Gasteiger partial charge in [0.2, 0.25) is 5.91 Å². The van der Waals surface area contributed by atoms with Crippen molar-refractivity contribution in [2.75, 3.05) is 11.1 Å². The monoisotopic (exact) mass is 367 g/mol. The number of amides is 1. The molecule has 0 fully saturated rings. The highest BCUT2D eigenvalue weighted by Gasteiger charge is 2.07. The van der Waals surface area contributed by atoms with E-state index in [0.717, 1.165) is 12.1 Å². The molecule has 0 saturated carbocycles. The van der Waals surface area contributed by atoms with E-state index in [0.29, 0.717) is 16.5 Å². The number of thioether (sulfide) groups is 1. The molecule has 1 N–H and O–H groups in total. The number of carbonyl (C=O) groups excluding carboxylic acids is 1. The molecule has 3 rings (SSSR count). The number of hydrogen-bond acceptors (Lipinski definition) is 5. The summed E-state index contributed by atoms with van der Waals surface area (Å²) in [5.74, 6) is 0.897. The summed E-state index contributed by atoms with van der Waals surface area (Å²) >= 11 is 1.35. The SMILES string of the molecule is CCCCc1ccc(NC(=O)CSc2ccc(-c3ccco3)nn2)cc1. The highest BCUT2D eigenvalue weighted by Crippen LogP contribution is 2.20. The molecule has 134 valence electrons. The highest BCUT2D eigenvalue weighted by atomic mass is 32.2. The minimum atomic E-state index is -0.0618. The third-order valence-electron chi connectivity index (χ3n) is 3.82. The summed E-state index contributed by atoms with van der Waals surface area (Å²) in [5, 5.41) is 11.9. The Morgan fingerprint density at radius 3 is 2.62 bits per heavy atom. The van der Waals surface area contributed by atoms with E-state index in [4.69, 9.17) is 4.42 Å². The predicted molar refractivity (Wildman–Crippen MR) is 104 cm³/mol. The van der Waals surface area contributed by atoms with Gasteiger partial charge in [0.15, 0.2) is 5.76 Å². The van der Waals surface area contributed by atoms with Crippen molar-refractivity contribution in [3.8, 4) is 11.5 Å². The van der Waals surface area contributed by atoms with Gasteiger partial charge >= 0.3 is 0 Å². The molecule has 2 heterocycles. The van der Waals surface area contributed by atoms with E-state index in [1.54, 1.807) is 12.3 Å². The van der Waals surface area contributed by atoms with E-state index in [-0.39, 0.29) is 11.7 Å². The Morgan fingerprint density at radius 1 is 1.12 bits per heavy atom. The van der Waals surface area contributed by atoms with Crippen molar-refractivity contribution >= 4 is 23.4 Å². The zero-order valence-electron chi connectivity index (χ0n) is 14.6. The van der Waals surface area contributed by atoms with Crippen LogP contribution >= 0.6 is 11.8 Å². The number of unbranched alkanes of at least 4 members (excludes halogenated alkanes) is 1. The summed E-state index contributed by atoms with van der Waals surface area (Å²) in [4.78, 5) is 12.1. The Labute approximate surface area is 157 Å². The fourth-order valence-electron chi connectivity index (χ4n) is 2.42. The lowest BCUT2D eigenvalue weighted by Crippen LogP contribution is -2.14. The quantitative estimate of drug-likeness (QED) is 0.579. The Kier molecular flexibility index (Phi) is 6.44. The lowest BCUT2D eigenvalue weighted by molar-refractivity contribution is -0.113. The molecule has 3 aromatic rings. The molecule has 0 aliphatic heterocycles. The highest BCUT2D eigenvalue weighted by molar-refractivity contribution is 7.99. The largest absolute Gasteiger partial charge is 0.463 e. The van der Waals surface area contributed by atoms with Crippen LogP contribution in [0.3, 0.4) is 0 Å². The van der Waals surface area contributed by atoms with Crippen LogP contribution in [0, 0.1) is 0 Å². The normalized spacial score (nSPS) is 10.7. The standard InChI is InChI=1S/C20H21N3O2S/c1-2-3-5-15-7-9-16(10-8-15)21-19(24)14-26-20-12-11-17(22-23-20)18-6-4-13-25-18/h4,6-13H,2-3,5,14H2,1H3,(H,21,24). The van der Waals surface area contributed by atoms with Crippen LogP contribution in [0.25, 0.3) is 11.5 Å². The molecule has 1 aromatic carbocycles. The molecule has 6 heteroatoms. The van der Waals surface area contributed by atoms with Gasteiger partial charge in [-0.2, -0.15) is 0 Å². The number of furan rings is 1. The second-order valence-electron chi connectivity index (χ2n) is 5.87. The summed E-state index contributed by atoms with van der Waals surface area (Å²) in [6, 6.07) is 15.3. The fraction of sp³-hybridized carbons (Fsp3) is 0.250. The van der Waals surface area contributed by atoms with E-state index in [2.05, 4.69) is 34.6 Å². The molecule has 0 bridgehead atoms. The van der Waals surface area contributed by atoms with E-state index in [1.165, 1.54) is 30.2 Å². The minimum Gasteiger partial charge on any atom is -0.463 e. The van der Waals surface area contributed by atoms with Gasteiger partial charge in [-0.3, -0.25) is 4.79 Å². The molecule has 2 aromatic heterocycles. The molecular formula is C20H21N3O2S. The summed E-state index contributed by atoms with van der Waals surface area (Å²) in [7, 11) is 0. The second-order valence-corrected chi connectivity index (χ2v) is 6.87. The second kappa shape index (κ2) is 9.20.